The summed E-state index contributed by atoms with van der Waals surface area (Å²) in [7, 11) is 0. The van der Waals surface area contributed by atoms with E-state index in [0.717, 1.165) is 18.7 Å². The minimum Gasteiger partial charge on any atom is -0.378 e. The zero-order valence-electron chi connectivity index (χ0n) is 10.3. The highest BCUT2D eigenvalue weighted by Gasteiger charge is 2.40. The number of nitro benzene ring substituents is 1. The van der Waals surface area contributed by atoms with Crippen LogP contribution in [0.1, 0.15) is 19.3 Å². The maximum Gasteiger partial charge on any atom is 0.271 e. The first kappa shape index (κ1) is 12.7. The molecule has 1 heterocycles. The standard InChI is InChI=1S/C13H15ClN2O3/c14-10-7-9(16(17)18)3-4-11(10)15-12-5-6-19-13(12)8-1-2-8/h3-4,7-8,12-13,15H,1-2,5-6H2. The van der Waals surface area contributed by atoms with Gasteiger partial charge in [-0.15, -0.1) is 0 Å². The van der Waals surface area contributed by atoms with Gasteiger partial charge >= 0.3 is 0 Å². The van der Waals surface area contributed by atoms with E-state index in [1.165, 1.54) is 25.0 Å². The number of nitrogens with one attached hydrogen (secondary N) is 1. The van der Waals surface area contributed by atoms with Crippen LogP contribution in [0.4, 0.5) is 11.4 Å². The number of halogens is 1. The second-order valence-electron chi connectivity index (χ2n) is 5.13. The Morgan fingerprint density at radius 1 is 1.37 bits per heavy atom. The molecule has 2 atom stereocenters. The lowest BCUT2D eigenvalue weighted by Gasteiger charge is -2.21. The van der Waals surface area contributed by atoms with Crippen molar-refractivity contribution in [1.82, 2.24) is 0 Å². The summed E-state index contributed by atoms with van der Waals surface area (Å²) >= 11 is 6.09. The van der Waals surface area contributed by atoms with Gasteiger partial charge in [0.2, 0.25) is 0 Å². The molecule has 1 aliphatic heterocycles. The minimum atomic E-state index is -0.443. The molecule has 1 N–H and O–H groups in total. The van der Waals surface area contributed by atoms with Gasteiger partial charge in [0, 0.05) is 18.7 Å². The van der Waals surface area contributed by atoms with Crippen LogP contribution in [0.5, 0.6) is 0 Å². The average Bonchev–Trinajstić information content (AvgIpc) is 3.12. The molecule has 0 amide bonds. The molecule has 1 saturated heterocycles. The Hall–Kier alpha value is -1.33. The first-order valence-corrected chi connectivity index (χ1v) is 6.85. The predicted molar refractivity (Wildman–Crippen MR) is 72.6 cm³/mol. The van der Waals surface area contributed by atoms with Crippen LogP contribution in [-0.2, 0) is 4.74 Å². The van der Waals surface area contributed by atoms with Crippen LogP contribution >= 0.6 is 11.6 Å². The second-order valence-corrected chi connectivity index (χ2v) is 5.54. The number of ether oxygens (including phenoxy) is 1. The molecule has 1 aliphatic carbocycles. The second kappa shape index (κ2) is 4.98. The third kappa shape index (κ3) is 2.67. The van der Waals surface area contributed by atoms with Crippen molar-refractivity contribution in [3.63, 3.8) is 0 Å². The maximum atomic E-state index is 10.7. The van der Waals surface area contributed by atoms with E-state index in [-0.39, 0.29) is 17.8 Å². The smallest absolute Gasteiger partial charge is 0.271 e. The monoisotopic (exact) mass is 282 g/mol. The lowest BCUT2D eigenvalue weighted by Crippen LogP contribution is -2.31. The Kier molecular flexibility index (Phi) is 3.33. The fourth-order valence-electron chi connectivity index (χ4n) is 2.59. The van der Waals surface area contributed by atoms with Crippen LogP contribution in [0.3, 0.4) is 0 Å². The molecule has 2 unspecified atom stereocenters. The number of rotatable bonds is 4. The van der Waals surface area contributed by atoms with Crippen molar-refractivity contribution in [3.8, 4) is 0 Å². The van der Waals surface area contributed by atoms with Crippen molar-refractivity contribution >= 4 is 23.0 Å². The zero-order valence-corrected chi connectivity index (χ0v) is 11.1. The molecule has 0 radical (unpaired) electrons. The first-order valence-electron chi connectivity index (χ1n) is 6.47. The molecule has 102 valence electrons. The third-order valence-electron chi connectivity index (χ3n) is 3.73. The zero-order chi connectivity index (χ0) is 13.4. The van der Waals surface area contributed by atoms with Crippen molar-refractivity contribution in [2.45, 2.75) is 31.4 Å². The lowest BCUT2D eigenvalue weighted by molar-refractivity contribution is -0.384. The van der Waals surface area contributed by atoms with Crippen molar-refractivity contribution in [3.05, 3.63) is 33.3 Å². The number of non-ortho nitro benzene ring substituents is 1. The van der Waals surface area contributed by atoms with Gasteiger partial charge in [-0.25, -0.2) is 0 Å². The number of hydrogen-bond donors (Lipinski definition) is 1. The van der Waals surface area contributed by atoms with E-state index in [9.17, 15) is 10.1 Å². The Bertz CT molecular complexity index is 505. The number of hydrogen-bond acceptors (Lipinski definition) is 4. The minimum absolute atomic E-state index is 0.0111. The van der Waals surface area contributed by atoms with E-state index < -0.39 is 4.92 Å². The van der Waals surface area contributed by atoms with Crippen LogP contribution in [-0.4, -0.2) is 23.7 Å². The normalized spacial score (nSPS) is 26.4. The van der Waals surface area contributed by atoms with Crippen molar-refractivity contribution in [2.75, 3.05) is 11.9 Å². The molecule has 1 aromatic carbocycles. The van der Waals surface area contributed by atoms with Gasteiger partial charge < -0.3 is 10.1 Å². The van der Waals surface area contributed by atoms with E-state index >= 15 is 0 Å². The van der Waals surface area contributed by atoms with Crippen LogP contribution < -0.4 is 5.32 Å². The van der Waals surface area contributed by atoms with Gasteiger partial charge in [0.25, 0.3) is 5.69 Å². The van der Waals surface area contributed by atoms with Crippen molar-refractivity contribution < 1.29 is 9.66 Å². The summed E-state index contributed by atoms with van der Waals surface area (Å²) < 4.78 is 5.75. The molecule has 0 aromatic heterocycles. The molecular weight excluding hydrogens is 268 g/mol. The fraction of sp³-hybridized carbons (Fsp3) is 0.538. The quantitative estimate of drug-likeness (QED) is 0.680. The number of benzene rings is 1. The Labute approximate surface area is 116 Å². The molecule has 5 nitrogen and oxygen atoms in total. The molecule has 6 heteroatoms. The van der Waals surface area contributed by atoms with E-state index in [2.05, 4.69) is 5.32 Å². The summed E-state index contributed by atoms with van der Waals surface area (Å²) in [5.74, 6) is 0.664. The topological polar surface area (TPSA) is 64.4 Å². The highest BCUT2D eigenvalue weighted by molar-refractivity contribution is 6.33. The van der Waals surface area contributed by atoms with E-state index in [4.69, 9.17) is 16.3 Å². The molecule has 2 aliphatic rings. The molecule has 2 fully saturated rings. The van der Waals surface area contributed by atoms with E-state index in [1.54, 1.807) is 6.07 Å². The predicted octanol–water partition coefficient (Wildman–Crippen LogP) is 3.23. The molecule has 19 heavy (non-hydrogen) atoms. The molecule has 1 saturated carbocycles. The van der Waals surface area contributed by atoms with Crippen LogP contribution in [0, 0.1) is 16.0 Å². The van der Waals surface area contributed by atoms with Crippen molar-refractivity contribution in [2.24, 2.45) is 5.92 Å². The summed E-state index contributed by atoms with van der Waals surface area (Å²) in [6.07, 6.45) is 3.67. The van der Waals surface area contributed by atoms with Crippen LogP contribution in [0.15, 0.2) is 18.2 Å². The Morgan fingerprint density at radius 3 is 2.79 bits per heavy atom. The van der Waals surface area contributed by atoms with Gasteiger partial charge in [-0.2, -0.15) is 0 Å². The Balaban J connectivity index is 1.73. The average molecular weight is 283 g/mol. The van der Waals surface area contributed by atoms with Gasteiger partial charge in [-0.3, -0.25) is 10.1 Å². The van der Waals surface area contributed by atoms with Gasteiger partial charge in [0.15, 0.2) is 0 Å². The number of anilines is 1. The van der Waals surface area contributed by atoms with Crippen LogP contribution in [0.25, 0.3) is 0 Å². The van der Waals surface area contributed by atoms with E-state index in [1.807, 2.05) is 0 Å². The maximum absolute atomic E-state index is 10.7. The third-order valence-corrected chi connectivity index (χ3v) is 4.04. The van der Waals surface area contributed by atoms with Crippen LogP contribution in [0.2, 0.25) is 5.02 Å². The van der Waals surface area contributed by atoms with Crippen molar-refractivity contribution in [1.29, 1.82) is 0 Å². The van der Waals surface area contributed by atoms with Gasteiger partial charge in [-0.05, 0) is 31.2 Å². The molecule has 1 aromatic rings. The molecule has 0 bridgehead atoms. The highest BCUT2D eigenvalue weighted by Crippen LogP contribution is 2.40. The van der Waals surface area contributed by atoms with Gasteiger partial charge in [0.1, 0.15) is 0 Å². The molecular formula is C13H15ClN2O3. The van der Waals surface area contributed by atoms with E-state index in [0.29, 0.717) is 10.9 Å². The highest BCUT2D eigenvalue weighted by atomic mass is 35.5. The molecule has 0 spiro atoms. The SMILES string of the molecule is O=[N+]([O-])c1ccc(NC2CCOC2C2CC2)c(Cl)c1. The fourth-order valence-corrected chi connectivity index (χ4v) is 2.82. The summed E-state index contributed by atoms with van der Waals surface area (Å²) in [5, 5.41) is 14.4. The number of nitro groups is 1. The Morgan fingerprint density at radius 2 is 2.16 bits per heavy atom. The summed E-state index contributed by atoms with van der Waals surface area (Å²) in [6, 6.07) is 4.77. The summed E-state index contributed by atoms with van der Waals surface area (Å²) in [5.41, 5.74) is 0.755. The largest absolute Gasteiger partial charge is 0.378 e. The lowest BCUT2D eigenvalue weighted by atomic mass is 10.1. The first-order chi connectivity index (χ1) is 9.15. The van der Waals surface area contributed by atoms with Gasteiger partial charge in [0.05, 0.1) is 27.8 Å². The molecule has 3 rings (SSSR count). The van der Waals surface area contributed by atoms with Gasteiger partial charge in [-0.1, -0.05) is 11.6 Å². The number of nitrogens with zero attached hydrogens (tertiary/aromatic N) is 1. The summed E-state index contributed by atoms with van der Waals surface area (Å²) in [6.45, 7) is 0.767. The summed E-state index contributed by atoms with van der Waals surface area (Å²) in [4.78, 5) is 10.2.